The molecule has 32 heavy (non-hydrogen) atoms. The molecule has 2 N–H and O–H groups in total. The molecule has 5 rings (SSSR count). The van der Waals surface area contributed by atoms with Gasteiger partial charge in [-0.15, -0.1) is 0 Å². The number of piperazine rings is 2. The Hall–Kier alpha value is -3.81. The molecule has 3 heterocycles. The van der Waals surface area contributed by atoms with E-state index in [0.717, 1.165) is 16.6 Å². The minimum absolute atomic E-state index is 0.107. The molecule has 0 aliphatic carbocycles. The lowest BCUT2D eigenvalue weighted by atomic mass is 10.0. The van der Waals surface area contributed by atoms with Crippen molar-refractivity contribution >= 4 is 28.6 Å². The van der Waals surface area contributed by atoms with Crippen LogP contribution >= 0.6 is 0 Å². The second-order valence-electron chi connectivity index (χ2n) is 8.17. The van der Waals surface area contributed by atoms with Crippen LogP contribution in [0.15, 0.2) is 54.6 Å². The number of nitrogens with zero attached hydrogens (tertiary/aromatic N) is 2. The highest BCUT2D eigenvalue weighted by Crippen LogP contribution is 2.22. The molecule has 0 unspecified atom stereocenters. The van der Waals surface area contributed by atoms with Gasteiger partial charge in [0.05, 0.1) is 13.7 Å². The van der Waals surface area contributed by atoms with E-state index in [-0.39, 0.29) is 24.3 Å². The maximum absolute atomic E-state index is 13.1. The molecule has 0 spiro atoms. The van der Waals surface area contributed by atoms with Gasteiger partial charge in [0.1, 0.15) is 17.8 Å². The Labute approximate surface area is 185 Å². The lowest BCUT2D eigenvalue weighted by molar-refractivity contribution is -0.152. The van der Waals surface area contributed by atoms with Crippen molar-refractivity contribution in [1.82, 2.24) is 20.1 Å². The van der Waals surface area contributed by atoms with Crippen molar-refractivity contribution in [3.05, 3.63) is 65.9 Å². The van der Waals surface area contributed by atoms with Crippen molar-refractivity contribution < 1.29 is 19.1 Å². The SMILES string of the molecule is COc1ccc(C(=O)N2CCN3C(=O)[C@H](Cc4cc5ccccc5[nH]4)NC(=O)[C@@H]3C2)cc1. The molecule has 2 fully saturated rings. The first kappa shape index (κ1) is 20.1. The predicted octanol–water partition coefficient (Wildman–Crippen LogP) is 1.57. The minimum Gasteiger partial charge on any atom is -0.497 e. The molecule has 2 aliphatic rings. The number of carbonyl (C=O) groups excluding carboxylic acids is 3. The number of aromatic amines is 1. The standard InChI is InChI=1S/C24H24N4O4/c1-32-18-8-6-15(7-9-18)23(30)27-10-11-28-21(14-27)22(29)26-20(24(28)31)13-17-12-16-4-2-3-5-19(16)25-17/h2-9,12,20-21,25H,10-11,13-14H2,1H3,(H,26,29)/t20-,21-/m0/s1. The van der Waals surface area contributed by atoms with E-state index in [1.807, 2.05) is 30.3 Å². The van der Waals surface area contributed by atoms with Crippen molar-refractivity contribution in [1.29, 1.82) is 0 Å². The molecule has 0 bridgehead atoms. The minimum atomic E-state index is -0.669. The number of fused-ring (bicyclic) bond motifs is 2. The summed E-state index contributed by atoms with van der Waals surface area (Å²) in [6, 6.07) is 15.5. The zero-order chi connectivity index (χ0) is 22.2. The molecule has 8 heteroatoms. The Balaban J connectivity index is 1.28. The predicted molar refractivity (Wildman–Crippen MR) is 118 cm³/mol. The third-order valence-corrected chi connectivity index (χ3v) is 6.21. The summed E-state index contributed by atoms with van der Waals surface area (Å²) in [5.41, 5.74) is 2.43. The van der Waals surface area contributed by atoms with E-state index < -0.39 is 12.1 Å². The van der Waals surface area contributed by atoms with E-state index in [1.165, 1.54) is 0 Å². The first-order chi connectivity index (χ1) is 15.5. The number of aromatic nitrogens is 1. The fourth-order valence-electron chi connectivity index (χ4n) is 4.50. The van der Waals surface area contributed by atoms with Gasteiger partial charge in [-0.1, -0.05) is 18.2 Å². The number of hydrogen-bond acceptors (Lipinski definition) is 4. The smallest absolute Gasteiger partial charge is 0.254 e. The van der Waals surface area contributed by atoms with Crippen LogP contribution in [-0.2, 0) is 16.0 Å². The monoisotopic (exact) mass is 432 g/mol. The number of amides is 3. The third-order valence-electron chi connectivity index (χ3n) is 6.21. The molecule has 2 atom stereocenters. The number of rotatable bonds is 4. The van der Waals surface area contributed by atoms with Gasteiger partial charge in [0, 0.05) is 36.3 Å². The summed E-state index contributed by atoms with van der Waals surface area (Å²) in [7, 11) is 1.57. The second kappa shape index (κ2) is 8.03. The van der Waals surface area contributed by atoms with Gasteiger partial charge in [-0.2, -0.15) is 0 Å². The summed E-state index contributed by atoms with van der Waals surface area (Å²) in [6.45, 7) is 0.906. The van der Waals surface area contributed by atoms with Gasteiger partial charge in [-0.3, -0.25) is 14.4 Å². The highest BCUT2D eigenvalue weighted by molar-refractivity contribution is 5.99. The summed E-state index contributed by atoms with van der Waals surface area (Å²) in [4.78, 5) is 45.4. The molecule has 2 saturated heterocycles. The van der Waals surface area contributed by atoms with Crippen molar-refractivity contribution in [2.24, 2.45) is 0 Å². The zero-order valence-electron chi connectivity index (χ0n) is 17.7. The van der Waals surface area contributed by atoms with Gasteiger partial charge in [-0.25, -0.2) is 0 Å². The van der Waals surface area contributed by atoms with E-state index in [0.29, 0.717) is 30.8 Å². The average molecular weight is 432 g/mol. The molecule has 2 aromatic carbocycles. The quantitative estimate of drug-likeness (QED) is 0.654. The topological polar surface area (TPSA) is 94.7 Å². The summed E-state index contributed by atoms with van der Waals surface area (Å²) in [5.74, 6) is 0.181. The van der Waals surface area contributed by atoms with Crippen LogP contribution in [-0.4, -0.2) is 71.3 Å². The van der Waals surface area contributed by atoms with Gasteiger partial charge in [-0.05, 0) is 41.8 Å². The van der Waals surface area contributed by atoms with Crippen LogP contribution in [0.1, 0.15) is 16.1 Å². The Morgan fingerprint density at radius 2 is 1.88 bits per heavy atom. The van der Waals surface area contributed by atoms with Crippen LogP contribution in [0.3, 0.4) is 0 Å². The van der Waals surface area contributed by atoms with Crippen LogP contribution in [0.5, 0.6) is 5.75 Å². The summed E-state index contributed by atoms with van der Waals surface area (Å²) >= 11 is 0. The van der Waals surface area contributed by atoms with Gasteiger partial charge in [0.2, 0.25) is 11.8 Å². The van der Waals surface area contributed by atoms with Crippen LogP contribution in [0.25, 0.3) is 10.9 Å². The van der Waals surface area contributed by atoms with Crippen LogP contribution in [0.2, 0.25) is 0 Å². The molecule has 1 aromatic heterocycles. The largest absolute Gasteiger partial charge is 0.497 e. The number of hydrogen-bond donors (Lipinski definition) is 2. The number of ether oxygens (including phenoxy) is 1. The van der Waals surface area contributed by atoms with Gasteiger partial charge >= 0.3 is 0 Å². The molecular formula is C24H24N4O4. The molecule has 3 amide bonds. The number of benzene rings is 2. The summed E-state index contributed by atoms with van der Waals surface area (Å²) in [6.07, 6.45) is 0.400. The maximum atomic E-state index is 13.1. The van der Waals surface area contributed by atoms with E-state index in [4.69, 9.17) is 4.74 Å². The van der Waals surface area contributed by atoms with Gasteiger partial charge in [0.25, 0.3) is 5.91 Å². The highest BCUT2D eigenvalue weighted by atomic mass is 16.5. The average Bonchev–Trinajstić information content (AvgIpc) is 3.24. The molecule has 0 radical (unpaired) electrons. The molecule has 8 nitrogen and oxygen atoms in total. The van der Waals surface area contributed by atoms with Crippen molar-refractivity contribution in [2.45, 2.75) is 18.5 Å². The summed E-state index contributed by atoms with van der Waals surface area (Å²) < 4.78 is 5.14. The molecule has 2 aliphatic heterocycles. The number of H-pyrrole nitrogens is 1. The van der Waals surface area contributed by atoms with Crippen molar-refractivity contribution in [2.75, 3.05) is 26.7 Å². The Kier molecular flexibility index (Phi) is 5.05. The van der Waals surface area contributed by atoms with Gasteiger partial charge in [0.15, 0.2) is 0 Å². The van der Waals surface area contributed by atoms with Crippen LogP contribution < -0.4 is 10.1 Å². The maximum Gasteiger partial charge on any atom is 0.254 e. The Morgan fingerprint density at radius 1 is 1.09 bits per heavy atom. The number of methoxy groups -OCH3 is 1. The fourth-order valence-corrected chi connectivity index (χ4v) is 4.50. The Morgan fingerprint density at radius 3 is 2.62 bits per heavy atom. The van der Waals surface area contributed by atoms with Crippen molar-refractivity contribution in [3.63, 3.8) is 0 Å². The molecule has 164 valence electrons. The molecule has 3 aromatic rings. The van der Waals surface area contributed by atoms with Crippen LogP contribution in [0.4, 0.5) is 0 Å². The molecule has 0 saturated carbocycles. The fraction of sp³-hybridized carbons (Fsp3) is 0.292. The van der Waals surface area contributed by atoms with E-state index in [2.05, 4.69) is 10.3 Å². The number of para-hydroxylation sites is 1. The first-order valence-electron chi connectivity index (χ1n) is 10.6. The van der Waals surface area contributed by atoms with E-state index in [1.54, 1.807) is 41.2 Å². The van der Waals surface area contributed by atoms with Crippen LogP contribution in [0, 0.1) is 0 Å². The van der Waals surface area contributed by atoms with Gasteiger partial charge < -0.3 is 24.8 Å². The lowest BCUT2D eigenvalue weighted by Gasteiger charge is -2.45. The zero-order valence-corrected chi connectivity index (χ0v) is 17.7. The lowest BCUT2D eigenvalue weighted by Crippen LogP contribution is -2.70. The third kappa shape index (κ3) is 3.57. The van der Waals surface area contributed by atoms with Crippen molar-refractivity contribution in [3.8, 4) is 5.75 Å². The summed E-state index contributed by atoms with van der Waals surface area (Å²) in [5, 5.41) is 3.94. The van der Waals surface area contributed by atoms with E-state index in [9.17, 15) is 14.4 Å². The highest BCUT2D eigenvalue weighted by Gasteiger charge is 2.44. The normalized spacial score (nSPS) is 20.8. The molecular weight excluding hydrogens is 408 g/mol. The number of nitrogens with one attached hydrogen (secondary N) is 2. The second-order valence-corrected chi connectivity index (χ2v) is 8.17. The first-order valence-corrected chi connectivity index (χ1v) is 10.6. The van der Waals surface area contributed by atoms with E-state index >= 15 is 0 Å². The Bertz CT molecular complexity index is 1150. The number of carbonyl (C=O) groups is 3.